The lowest BCUT2D eigenvalue weighted by Crippen LogP contribution is -2.25. The van der Waals surface area contributed by atoms with Crippen LogP contribution in [0.25, 0.3) is 0 Å². The quantitative estimate of drug-likeness (QED) is 0.677. The molecule has 122 valence electrons. The second-order valence-electron chi connectivity index (χ2n) is 4.51. The van der Waals surface area contributed by atoms with E-state index < -0.39 is 22.6 Å². The van der Waals surface area contributed by atoms with Gasteiger partial charge >= 0.3 is 6.18 Å². The normalized spacial score (nSPS) is 12.8. The smallest absolute Gasteiger partial charge is 0.312 e. The highest BCUT2D eigenvalue weighted by Gasteiger charge is 2.26. The van der Waals surface area contributed by atoms with Gasteiger partial charge in [-0.15, -0.1) is 11.3 Å². The number of rotatable bonds is 9. The summed E-state index contributed by atoms with van der Waals surface area (Å²) >= 11 is 1.12. The molecule has 0 spiro atoms. The zero-order valence-corrected chi connectivity index (χ0v) is 13.3. The zero-order chi connectivity index (χ0) is 15.9. The van der Waals surface area contributed by atoms with E-state index in [1.165, 1.54) is 6.07 Å². The molecule has 1 heterocycles. The number of alkyl halides is 3. The number of nitrogens with one attached hydrogen (secondary N) is 2. The fraction of sp³-hybridized carbons (Fsp3) is 0.667. The van der Waals surface area contributed by atoms with Gasteiger partial charge in [-0.1, -0.05) is 6.92 Å². The van der Waals surface area contributed by atoms with Crippen LogP contribution in [-0.2, 0) is 16.6 Å². The van der Waals surface area contributed by atoms with Crippen molar-refractivity contribution in [3.8, 4) is 0 Å². The molecule has 2 N–H and O–H groups in total. The molecule has 0 saturated heterocycles. The van der Waals surface area contributed by atoms with Crippen molar-refractivity contribution in [1.29, 1.82) is 0 Å². The van der Waals surface area contributed by atoms with E-state index in [4.69, 9.17) is 0 Å². The minimum atomic E-state index is -4.26. The van der Waals surface area contributed by atoms with Gasteiger partial charge in [0.05, 0.1) is 0 Å². The van der Waals surface area contributed by atoms with Crippen molar-refractivity contribution < 1.29 is 21.6 Å². The van der Waals surface area contributed by atoms with Crippen molar-refractivity contribution in [1.82, 2.24) is 10.0 Å². The first-order chi connectivity index (χ1) is 9.74. The first kappa shape index (κ1) is 18.4. The van der Waals surface area contributed by atoms with E-state index in [9.17, 15) is 21.6 Å². The lowest BCUT2D eigenvalue weighted by molar-refractivity contribution is -0.135. The van der Waals surface area contributed by atoms with Gasteiger partial charge in [0, 0.05) is 24.4 Å². The van der Waals surface area contributed by atoms with E-state index in [0.29, 0.717) is 6.54 Å². The molecular weight excluding hydrogens is 325 g/mol. The molecule has 1 aromatic rings. The van der Waals surface area contributed by atoms with Gasteiger partial charge in [-0.3, -0.25) is 0 Å². The minimum Gasteiger partial charge on any atom is -0.312 e. The molecule has 0 unspecified atom stereocenters. The van der Waals surface area contributed by atoms with Gasteiger partial charge < -0.3 is 5.32 Å². The van der Waals surface area contributed by atoms with E-state index in [-0.39, 0.29) is 17.2 Å². The van der Waals surface area contributed by atoms with Crippen LogP contribution < -0.4 is 10.0 Å². The van der Waals surface area contributed by atoms with Crippen molar-refractivity contribution in [2.45, 2.75) is 43.1 Å². The molecule has 0 saturated carbocycles. The number of hydrogen-bond acceptors (Lipinski definition) is 4. The first-order valence-corrected chi connectivity index (χ1v) is 8.90. The van der Waals surface area contributed by atoms with Crippen LogP contribution in [0.4, 0.5) is 13.2 Å². The van der Waals surface area contributed by atoms with Crippen molar-refractivity contribution in [3.05, 3.63) is 17.0 Å². The van der Waals surface area contributed by atoms with Crippen LogP contribution in [0.15, 0.2) is 16.3 Å². The number of halogens is 3. The molecule has 0 fully saturated rings. The fourth-order valence-electron chi connectivity index (χ4n) is 1.55. The van der Waals surface area contributed by atoms with Crippen molar-refractivity contribution in [3.63, 3.8) is 0 Å². The van der Waals surface area contributed by atoms with Crippen LogP contribution in [0, 0.1) is 0 Å². The molecule has 0 bridgehead atoms. The maximum Gasteiger partial charge on any atom is 0.389 e. The molecule has 21 heavy (non-hydrogen) atoms. The summed E-state index contributed by atoms with van der Waals surface area (Å²) in [6, 6.07) is 3.18. The standard InChI is InChI=1S/C12H19F3N2O2S2/c1-2-7-16-9-10-4-5-11(20-10)21(18,19)17-8-3-6-12(13,14)15/h4-5,16-17H,2-3,6-9H2,1H3. The number of hydrogen-bond donors (Lipinski definition) is 2. The van der Waals surface area contributed by atoms with Gasteiger partial charge in [-0.2, -0.15) is 13.2 Å². The van der Waals surface area contributed by atoms with Crippen LogP contribution >= 0.6 is 11.3 Å². The average Bonchev–Trinajstić information content (AvgIpc) is 2.84. The third-order valence-corrected chi connectivity index (χ3v) is 5.60. The topological polar surface area (TPSA) is 58.2 Å². The van der Waals surface area contributed by atoms with Crippen molar-refractivity contribution >= 4 is 21.4 Å². The highest BCUT2D eigenvalue weighted by Crippen LogP contribution is 2.23. The molecule has 0 aromatic carbocycles. The predicted molar refractivity (Wildman–Crippen MR) is 76.8 cm³/mol. The van der Waals surface area contributed by atoms with Gasteiger partial charge in [-0.05, 0) is 31.5 Å². The molecule has 4 nitrogen and oxygen atoms in total. The lowest BCUT2D eigenvalue weighted by atomic mass is 10.3. The van der Waals surface area contributed by atoms with Gasteiger partial charge in [0.25, 0.3) is 0 Å². The van der Waals surface area contributed by atoms with Gasteiger partial charge in [0.1, 0.15) is 4.21 Å². The zero-order valence-electron chi connectivity index (χ0n) is 11.7. The van der Waals surface area contributed by atoms with E-state index >= 15 is 0 Å². The fourth-order valence-corrected chi connectivity index (χ4v) is 4.00. The Bertz CT molecular complexity index is 527. The Morgan fingerprint density at radius 2 is 1.95 bits per heavy atom. The number of sulfonamides is 1. The third-order valence-electron chi connectivity index (χ3n) is 2.56. The minimum absolute atomic E-state index is 0.128. The third kappa shape index (κ3) is 7.25. The summed E-state index contributed by atoms with van der Waals surface area (Å²) in [6.07, 6.45) is -4.53. The molecule has 0 amide bonds. The Morgan fingerprint density at radius 1 is 1.24 bits per heavy atom. The van der Waals surface area contributed by atoms with Crippen LogP contribution in [-0.4, -0.2) is 27.7 Å². The molecule has 9 heteroatoms. The van der Waals surface area contributed by atoms with Gasteiger partial charge in [0.2, 0.25) is 10.0 Å². The highest BCUT2D eigenvalue weighted by molar-refractivity contribution is 7.91. The van der Waals surface area contributed by atoms with Crippen molar-refractivity contribution in [2.24, 2.45) is 0 Å². The summed E-state index contributed by atoms with van der Waals surface area (Å²) in [5.41, 5.74) is 0. The number of thiophene rings is 1. The molecule has 0 aliphatic carbocycles. The molecule has 0 aliphatic heterocycles. The van der Waals surface area contributed by atoms with Crippen LogP contribution in [0.3, 0.4) is 0 Å². The monoisotopic (exact) mass is 344 g/mol. The SMILES string of the molecule is CCCNCc1ccc(S(=O)(=O)NCCCC(F)(F)F)s1. The van der Waals surface area contributed by atoms with Crippen LogP contribution in [0.1, 0.15) is 31.1 Å². The molecule has 0 atom stereocenters. The molecule has 1 rings (SSSR count). The second kappa shape index (κ2) is 8.11. The Labute approximate surface area is 126 Å². The van der Waals surface area contributed by atoms with Crippen molar-refractivity contribution in [2.75, 3.05) is 13.1 Å². The van der Waals surface area contributed by atoms with E-state index in [0.717, 1.165) is 29.2 Å². The highest BCUT2D eigenvalue weighted by atomic mass is 32.2. The van der Waals surface area contributed by atoms with E-state index in [1.807, 2.05) is 6.92 Å². The Kier molecular flexibility index (Phi) is 7.11. The summed E-state index contributed by atoms with van der Waals surface area (Å²) < 4.78 is 62.0. The van der Waals surface area contributed by atoms with E-state index in [2.05, 4.69) is 10.0 Å². The summed E-state index contributed by atoms with van der Waals surface area (Å²) in [7, 11) is -3.71. The van der Waals surface area contributed by atoms with Gasteiger partial charge in [0.15, 0.2) is 0 Å². The summed E-state index contributed by atoms with van der Waals surface area (Å²) in [4.78, 5) is 0.874. The summed E-state index contributed by atoms with van der Waals surface area (Å²) in [5.74, 6) is 0. The largest absolute Gasteiger partial charge is 0.389 e. The maximum absolute atomic E-state index is 12.0. The van der Waals surface area contributed by atoms with Crippen LogP contribution in [0.2, 0.25) is 0 Å². The summed E-state index contributed by atoms with van der Waals surface area (Å²) in [5, 5.41) is 3.16. The molecule has 1 aromatic heterocycles. The predicted octanol–water partition coefficient (Wildman–Crippen LogP) is 2.87. The molecular formula is C12H19F3N2O2S2. The Balaban J connectivity index is 2.47. The average molecular weight is 344 g/mol. The first-order valence-electron chi connectivity index (χ1n) is 6.60. The summed E-state index contributed by atoms with van der Waals surface area (Å²) in [6.45, 7) is 3.24. The van der Waals surface area contributed by atoms with Crippen LogP contribution in [0.5, 0.6) is 0 Å². The lowest BCUT2D eigenvalue weighted by Gasteiger charge is -2.07. The molecule has 0 radical (unpaired) electrons. The van der Waals surface area contributed by atoms with Gasteiger partial charge in [-0.25, -0.2) is 13.1 Å². The van der Waals surface area contributed by atoms with E-state index in [1.54, 1.807) is 6.07 Å². The molecule has 0 aliphatic rings. The maximum atomic E-state index is 12.0. The second-order valence-corrected chi connectivity index (χ2v) is 7.68. The Hall–Kier alpha value is -0.640. The Morgan fingerprint density at radius 3 is 2.57 bits per heavy atom.